The number of carbonyl (C=O) groups is 1. The molecule has 3 heterocycles. The molecule has 3 N–H and O–H groups in total. The van der Waals surface area contributed by atoms with E-state index in [1.807, 2.05) is 12.1 Å². The van der Waals surface area contributed by atoms with Gasteiger partial charge < -0.3 is 5.73 Å². The zero-order valence-electron chi connectivity index (χ0n) is 16.6. The molecule has 0 fully saturated rings. The first-order chi connectivity index (χ1) is 15.5. The Morgan fingerprint density at radius 1 is 1.22 bits per heavy atom. The van der Waals surface area contributed by atoms with Crippen LogP contribution in [-0.2, 0) is 5.75 Å². The van der Waals surface area contributed by atoms with Crippen molar-refractivity contribution in [2.45, 2.75) is 17.6 Å². The maximum atomic E-state index is 12.9. The molecule has 0 radical (unpaired) electrons. The Morgan fingerprint density at radius 2 is 1.97 bits per heavy atom. The highest BCUT2D eigenvalue weighted by Crippen LogP contribution is 2.27. The molecule has 13 heteroatoms. The number of carbonyl (C=O) groups excluding carboxylic acids is 1. The smallest absolute Gasteiger partial charge is 0.293 e. The zero-order chi connectivity index (χ0) is 22.5. The number of nitrogens with one attached hydrogen (secondary N) is 1. The Kier molecular flexibility index (Phi) is 6.42. The van der Waals surface area contributed by atoms with E-state index in [4.69, 9.17) is 17.3 Å². The summed E-state index contributed by atoms with van der Waals surface area (Å²) in [5.41, 5.74) is 10.3. The van der Waals surface area contributed by atoms with Crippen molar-refractivity contribution < 1.29 is 9.42 Å². The van der Waals surface area contributed by atoms with Crippen molar-refractivity contribution in [3.63, 3.8) is 0 Å². The summed E-state index contributed by atoms with van der Waals surface area (Å²) in [6.45, 7) is 1.77. The van der Waals surface area contributed by atoms with Crippen LogP contribution in [0, 0.1) is 0 Å². The van der Waals surface area contributed by atoms with Crippen molar-refractivity contribution in [1.29, 1.82) is 0 Å². The number of nitrogens with two attached hydrogens (primary N) is 1. The second-order valence-electron chi connectivity index (χ2n) is 6.39. The Balaban J connectivity index is 1.60. The third kappa shape index (κ3) is 4.76. The van der Waals surface area contributed by atoms with Crippen LogP contribution in [0.5, 0.6) is 0 Å². The monoisotopic (exact) mass is 469 g/mol. The summed E-state index contributed by atoms with van der Waals surface area (Å²) in [5.74, 6) is -0.0474. The SMILES string of the molecule is C/C(=N\NC(=O)c1nnn(-c2nonc2N)c1CSc1ccc(Cl)cc1)c1ccncc1. The maximum absolute atomic E-state index is 12.9. The van der Waals surface area contributed by atoms with E-state index in [0.29, 0.717) is 22.2 Å². The summed E-state index contributed by atoms with van der Waals surface area (Å²) in [7, 11) is 0. The van der Waals surface area contributed by atoms with Gasteiger partial charge in [-0.15, -0.1) is 16.9 Å². The highest BCUT2D eigenvalue weighted by Gasteiger charge is 2.24. The predicted octanol–water partition coefficient (Wildman–Crippen LogP) is 2.73. The number of hydrazone groups is 1. The number of halogens is 1. The van der Waals surface area contributed by atoms with E-state index in [0.717, 1.165) is 10.5 Å². The van der Waals surface area contributed by atoms with E-state index in [1.165, 1.54) is 16.4 Å². The third-order valence-electron chi connectivity index (χ3n) is 4.29. The first-order valence-electron chi connectivity index (χ1n) is 9.19. The Morgan fingerprint density at radius 3 is 2.66 bits per heavy atom. The summed E-state index contributed by atoms with van der Waals surface area (Å²) < 4.78 is 5.99. The van der Waals surface area contributed by atoms with Crippen molar-refractivity contribution in [1.82, 2.24) is 35.7 Å². The van der Waals surface area contributed by atoms with Gasteiger partial charge in [-0.05, 0) is 53.6 Å². The minimum atomic E-state index is -0.536. The highest BCUT2D eigenvalue weighted by molar-refractivity contribution is 7.98. The molecule has 4 aromatic rings. The number of rotatable bonds is 7. The average molecular weight is 470 g/mol. The lowest BCUT2D eigenvalue weighted by Gasteiger charge is -2.06. The Labute approximate surface area is 191 Å². The topological polar surface area (TPSA) is 150 Å². The fraction of sp³-hybridized carbons (Fsp3) is 0.105. The summed E-state index contributed by atoms with van der Waals surface area (Å²) in [6, 6.07) is 10.9. The quantitative estimate of drug-likeness (QED) is 0.236. The molecule has 0 bridgehead atoms. The van der Waals surface area contributed by atoms with E-state index < -0.39 is 5.91 Å². The van der Waals surface area contributed by atoms with Crippen LogP contribution >= 0.6 is 23.4 Å². The predicted molar refractivity (Wildman–Crippen MR) is 119 cm³/mol. The normalized spacial score (nSPS) is 11.5. The molecular weight excluding hydrogens is 454 g/mol. The van der Waals surface area contributed by atoms with E-state index >= 15 is 0 Å². The van der Waals surface area contributed by atoms with Crippen molar-refractivity contribution >= 4 is 40.8 Å². The van der Waals surface area contributed by atoms with Crippen molar-refractivity contribution in [2.75, 3.05) is 5.73 Å². The molecule has 0 atom stereocenters. The lowest BCUT2D eigenvalue weighted by molar-refractivity contribution is 0.0949. The average Bonchev–Trinajstić information content (AvgIpc) is 3.43. The van der Waals surface area contributed by atoms with Crippen molar-refractivity contribution in [3.05, 3.63) is 70.8 Å². The summed E-state index contributed by atoms with van der Waals surface area (Å²) in [5, 5.41) is 20.1. The molecule has 0 aliphatic carbocycles. The molecule has 1 aromatic carbocycles. The molecule has 0 saturated carbocycles. The second kappa shape index (κ2) is 9.58. The van der Waals surface area contributed by atoms with Gasteiger partial charge in [0.2, 0.25) is 11.6 Å². The van der Waals surface area contributed by atoms with Gasteiger partial charge in [0.05, 0.1) is 11.4 Å². The van der Waals surface area contributed by atoms with Gasteiger partial charge in [-0.2, -0.15) is 9.78 Å². The molecule has 162 valence electrons. The van der Waals surface area contributed by atoms with E-state index in [-0.39, 0.29) is 17.3 Å². The fourth-order valence-electron chi connectivity index (χ4n) is 2.64. The number of hydrogen-bond acceptors (Lipinski definition) is 10. The number of thioether (sulfide) groups is 1. The summed E-state index contributed by atoms with van der Waals surface area (Å²) >= 11 is 7.41. The summed E-state index contributed by atoms with van der Waals surface area (Å²) in [6.07, 6.45) is 3.29. The minimum Gasteiger partial charge on any atom is -0.378 e. The lowest BCUT2D eigenvalue weighted by atomic mass is 10.2. The van der Waals surface area contributed by atoms with Crippen LogP contribution in [0.4, 0.5) is 5.82 Å². The maximum Gasteiger partial charge on any atom is 0.293 e. The first-order valence-corrected chi connectivity index (χ1v) is 10.6. The molecule has 0 aliphatic heterocycles. The van der Waals surface area contributed by atoms with Crippen LogP contribution in [0.25, 0.3) is 5.82 Å². The lowest BCUT2D eigenvalue weighted by Crippen LogP contribution is -2.21. The molecule has 32 heavy (non-hydrogen) atoms. The minimum absolute atomic E-state index is 0.0196. The number of nitrogens with zero attached hydrogens (tertiary/aromatic N) is 7. The van der Waals surface area contributed by atoms with Gasteiger partial charge >= 0.3 is 0 Å². The molecule has 3 aromatic heterocycles. The number of nitrogen functional groups attached to an aromatic ring is 1. The van der Waals surface area contributed by atoms with Gasteiger partial charge in [-0.3, -0.25) is 9.78 Å². The second-order valence-corrected chi connectivity index (χ2v) is 7.87. The van der Waals surface area contributed by atoms with Crippen LogP contribution in [0.1, 0.15) is 28.7 Å². The van der Waals surface area contributed by atoms with Crippen LogP contribution in [0.15, 0.2) is 63.4 Å². The van der Waals surface area contributed by atoms with Gasteiger partial charge in [0.25, 0.3) is 5.91 Å². The van der Waals surface area contributed by atoms with Crippen LogP contribution in [0.2, 0.25) is 5.02 Å². The Bertz CT molecular complexity index is 1260. The third-order valence-corrected chi connectivity index (χ3v) is 5.56. The van der Waals surface area contributed by atoms with E-state index in [9.17, 15) is 4.79 Å². The molecule has 0 spiro atoms. The Hall–Kier alpha value is -3.77. The number of aromatic nitrogens is 6. The van der Waals surface area contributed by atoms with Crippen LogP contribution in [0.3, 0.4) is 0 Å². The molecule has 11 nitrogen and oxygen atoms in total. The van der Waals surface area contributed by atoms with E-state index in [2.05, 4.69) is 40.8 Å². The van der Waals surface area contributed by atoms with Gasteiger partial charge in [0, 0.05) is 33.6 Å². The number of anilines is 1. The number of pyridine rings is 1. The molecular formula is C19H16ClN9O2S. The van der Waals surface area contributed by atoms with Gasteiger partial charge in [0.15, 0.2) is 5.69 Å². The molecule has 0 unspecified atom stereocenters. The standard InChI is InChI=1S/C19H16ClN9O2S/c1-11(12-6-8-22-9-7-12)23-25-19(30)16-15(10-32-14-4-2-13(20)3-5-14)29(28-24-16)18-17(21)26-31-27-18/h2-9H,10H2,1H3,(H2,21,26)(H,25,30)/b23-11+. The highest BCUT2D eigenvalue weighted by atomic mass is 35.5. The molecule has 0 saturated heterocycles. The first kappa shape index (κ1) is 21.5. The van der Waals surface area contributed by atoms with Crippen molar-refractivity contribution in [3.8, 4) is 5.82 Å². The summed E-state index contributed by atoms with van der Waals surface area (Å²) in [4.78, 5) is 17.8. The largest absolute Gasteiger partial charge is 0.378 e. The van der Waals surface area contributed by atoms with Gasteiger partial charge in [-0.1, -0.05) is 16.8 Å². The zero-order valence-corrected chi connectivity index (χ0v) is 18.2. The fourth-order valence-corrected chi connectivity index (χ4v) is 3.66. The van der Waals surface area contributed by atoms with Crippen LogP contribution < -0.4 is 11.2 Å². The molecule has 4 rings (SSSR count). The van der Waals surface area contributed by atoms with Crippen LogP contribution in [-0.4, -0.2) is 41.9 Å². The number of hydrogen-bond donors (Lipinski definition) is 2. The molecule has 0 aliphatic rings. The molecule has 1 amide bonds. The van der Waals surface area contributed by atoms with Gasteiger partial charge in [-0.25, -0.2) is 10.1 Å². The van der Waals surface area contributed by atoms with Gasteiger partial charge in [0.1, 0.15) is 0 Å². The number of benzene rings is 1. The number of amides is 1. The van der Waals surface area contributed by atoms with E-state index in [1.54, 1.807) is 43.6 Å². The van der Waals surface area contributed by atoms with Crippen molar-refractivity contribution in [2.24, 2.45) is 5.10 Å².